The number of aryl methyl sites for hydroxylation is 1. The van der Waals surface area contributed by atoms with E-state index in [1.54, 1.807) is 44.4 Å². The van der Waals surface area contributed by atoms with Gasteiger partial charge in [-0.25, -0.2) is 13.1 Å². The summed E-state index contributed by atoms with van der Waals surface area (Å²) in [5, 5.41) is 0. The first-order valence-corrected chi connectivity index (χ1v) is 10.8. The lowest BCUT2D eigenvalue weighted by molar-refractivity contribution is -0.143. The summed E-state index contributed by atoms with van der Waals surface area (Å²) in [4.78, 5) is 11.6. The second-order valence-electron chi connectivity index (χ2n) is 6.38. The van der Waals surface area contributed by atoms with Gasteiger partial charge in [-0.2, -0.15) is 0 Å². The first-order chi connectivity index (χ1) is 13.8. The summed E-state index contributed by atoms with van der Waals surface area (Å²) in [7, 11) is -0.705. The standard InChI is InChI=1S/C21H27NO6S/c1-5-28-21(23)7-6-12-22-29(24,25)20-11-8-15(2)13-17(20)16-9-10-18(26-3)19(14-16)27-4/h8-11,13-14,22H,5-7,12H2,1-4H3. The van der Waals surface area contributed by atoms with Crippen LogP contribution in [0.2, 0.25) is 0 Å². The zero-order valence-electron chi connectivity index (χ0n) is 17.2. The number of benzene rings is 2. The van der Waals surface area contributed by atoms with Crippen LogP contribution in [0, 0.1) is 6.92 Å². The summed E-state index contributed by atoms with van der Waals surface area (Å²) in [6.45, 7) is 4.07. The van der Waals surface area contributed by atoms with Gasteiger partial charge in [-0.05, 0) is 44.0 Å². The lowest BCUT2D eigenvalue weighted by atomic mass is 10.0. The number of methoxy groups -OCH3 is 2. The van der Waals surface area contributed by atoms with Gasteiger partial charge in [0.1, 0.15) is 0 Å². The van der Waals surface area contributed by atoms with Crippen molar-refractivity contribution in [2.45, 2.75) is 31.6 Å². The minimum Gasteiger partial charge on any atom is -0.493 e. The molecule has 0 aromatic heterocycles. The number of ether oxygens (including phenoxy) is 3. The number of sulfonamides is 1. The van der Waals surface area contributed by atoms with Crippen molar-refractivity contribution in [3.8, 4) is 22.6 Å². The van der Waals surface area contributed by atoms with Crippen LogP contribution in [0.1, 0.15) is 25.3 Å². The van der Waals surface area contributed by atoms with Crippen LogP contribution in [0.25, 0.3) is 11.1 Å². The van der Waals surface area contributed by atoms with Gasteiger partial charge >= 0.3 is 5.97 Å². The van der Waals surface area contributed by atoms with Crippen molar-refractivity contribution in [3.05, 3.63) is 42.0 Å². The first kappa shape index (κ1) is 22.7. The van der Waals surface area contributed by atoms with Gasteiger partial charge in [0.25, 0.3) is 0 Å². The number of carbonyl (C=O) groups excluding carboxylic acids is 1. The zero-order valence-corrected chi connectivity index (χ0v) is 18.0. The highest BCUT2D eigenvalue weighted by Gasteiger charge is 2.20. The Bertz CT molecular complexity index is 956. The SMILES string of the molecule is CCOC(=O)CCCNS(=O)(=O)c1ccc(C)cc1-c1ccc(OC)c(OC)c1. The maximum atomic E-state index is 12.9. The Balaban J connectivity index is 2.29. The van der Waals surface area contributed by atoms with Crippen LogP contribution in [0.3, 0.4) is 0 Å². The molecule has 0 atom stereocenters. The number of rotatable bonds is 10. The van der Waals surface area contributed by atoms with E-state index in [1.165, 1.54) is 7.11 Å². The lowest BCUT2D eigenvalue weighted by Crippen LogP contribution is -2.26. The topological polar surface area (TPSA) is 90.9 Å². The molecule has 0 saturated heterocycles. The van der Waals surface area contributed by atoms with E-state index in [9.17, 15) is 13.2 Å². The molecular formula is C21H27NO6S. The fraction of sp³-hybridized carbons (Fsp3) is 0.381. The van der Waals surface area contributed by atoms with Gasteiger partial charge < -0.3 is 14.2 Å². The molecule has 0 spiro atoms. The largest absolute Gasteiger partial charge is 0.493 e. The van der Waals surface area contributed by atoms with E-state index >= 15 is 0 Å². The highest BCUT2D eigenvalue weighted by atomic mass is 32.2. The van der Waals surface area contributed by atoms with E-state index in [1.807, 2.05) is 13.0 Å². The van der Waals surface area contributed by atoms with Gasteiger partial charge in [0, 0.05) is 18.5 Å². The van der Waals surface area contributed by atoms with E-state index in [2.05, 4.69) is 4.72 Å². The molecule has 0 aliphatic rings. The van der Waals surface area contributed by atoms with E-state index < -0.39 is 10.0 Å². The Kier molecular flexibility index (Phi) is 8.04. The summed E-state index contributed by atoms with van der Waals surface area (Å²) < 4.78 is 43.8. The van der Waals surface area contributed by atoms with Gasteiger partial charge in [-0.15, -0.1) is 0 Å². The van der Waals surface area contributed by atoms with Crippen LogP contribution < -0.4 is 14.2 Å². The fourth-order valence-electron chi connectivity index (χ4n) is 2.86. The van der Waals surface area contributed by atoms with Gasteiger partial charge in [-0.3, -0.25) is 4.79 Å². The summed E-state index contributed by atoms with van der Waals surface area (Å²) in [6.07, 6.45) is 0.516. The summed E-state index contributed by atoms with van der Waals surface area (Å²) in [5.74, 6) is 0.732. The molecule has 0 bridgehead atoms. The number of carbonyl (C=O) groups is 1. The van der Waals surface area contributed by atoms with Crippen LogP contribution >= 0.6 is 0 Å². The Hall–Kier alpha value is -2.58. The molecule has 2 aromatic rings. The predicted octanol–water partition coefficient (Wildman–Crippen LogP) is 3.30. The van der Waals surface area contributed by atoms with Crippen molar-refractivity contribution in [2.24, 2.45) is 0 Å². The molecule has 8 heteroatoms. The molecule has 0 aliphatic heterocycles. The van der Waals surface area contributed by atoms with Crippen molar-refractivity contribution >= 4 is 16.0 Å². The molecule has 7 nitrogen and oxygen atoms in total. The van der Waals surface area contributed by atoms with E-state index in [4.69, 9.17) is 14.2 Å². The fourth-order valence-corrected chi connectivity index (χ4v) is 4.14. The molecule has 29 heavy (non-hydrogen) atoms. The molecule has 0 heterocycles. The van der Waals surface area contributed by atoms with Crippen molar-refractivity contribution in [2.75, 3.05) is 27.4 Å². The van der Waals surface area contributed by atoms with Crippen LogP contribution in [-0.2, 0) is 19.6 Å². The average molecular weight is 422 g/mol. The number of esters is 1. The molecular weight excluding hydrogens is 394 g/mol. The van der Waals surface area contributed by atoms with Crippen LogP contribution in [0.4, 0.5) is 0 Å². The van der Waals surface area contributed by atoms with Gasteiger partial charge in [0.2, 0.25) is 10.0 Å². The number of nitrogens with one attached hydrogen (secondary N) is 1. The Morgan fingerprint density at radius 3 is 2.41 bits per heavy atom. The highest BCUT2D eigenvalue weighted by Crippen LogP contribution is 2.35. The van der Waals surface area contributed by atoms with Gasteiger partial charge in [0.15, 0.2) is 11.5 Å². The molecule has 0 amide bonds. The Morgan fingerprint density at radius 1 is 1.03 bits per heavy atom. The summed E-state index contributed by atoms with van der Waals surface area (Å²) in [6, 6.07) is 10.4. The predicted molar refractivity (Wildman–Crippen MR) is 111 cm³/mol. The molecule has 2 rings (SSSR count). The second kappa shape index (κ2) is 10.3. The summed E-state index contributed by atoms with van der Waals surface area (Å²) in [5.41, 5.74) is 2.18. The Morgan fingerprint density at radius 2 is 1.76 bits per heavy atom. The lowest BCUT2D eigenvalue weighted by Gasteiger charge is -2.15. The van der Waals surface area contributed by atoms with Crippen molar-refractivity contribution < 1.29 is 27.4 Å². The molecule has 1 N–H and O–H groups in total. The number of hydrogen-bond donors (Lipinski definition) is 1. The van der Waals surface area contributed by atoms with Crippen molar-refractivity contribution in [1.82, 2.24) is 4.72 Å². The molecule has 0 saturated carbocycles. The van der Waals surface area contributed by atoms with E-state index in [0.717, 1.165) is 5.56 Å². The molecule has 158 valence electrons. The normalized spacial score (nSPS) is 11.2. The van der Waals surface area contributed by atoms with Crippen LogP contribution in [0.5, 0.6) is 11.5 Å². The second-order valence-corrected chi connectivity index (χ2v) is 8.11. The maximum Gasteiger partial charge on any atom is 0.305 e. The molecule has 0 radical (unpaired) electrons. The summed E-state index contributed by atoms with van der Waals surface area (Å²) >= 11 is 0. The van der Waals surface area contributed by atoms with Gasteiger partial charge in [-0.1, -0.05) is 23.8 Å². The minimum absolute atomic E-state index is 0.139. The number of hydrogen-bond acceptors (Lipinski definition) is 6. The third-order valence-electron chi connectivity index (χ3n) is 4.27. The molecule has 0 aliphatic carbocycles. The van der Waals surface area contributed by atoms with Crippen LogP contribution in [0.15, 0.2) is 41.3 Å². The smallest absolute Gasteiger partial charge is 0.305 e. The third-order valence-corrected chi connectivity index (χ3v) is 5.79. The first-order valence-electron chi connectivity index (χ1n) is 9.30. The molecule has 2 aromatic carbocycles. The third kappa shape index (κ3) is 5.95. The highest BCUT2D eigenvalue weighted by molar-refractivity contribution is 7.89. The molecule has 0 fully saturated rings. The van der Waals surface area contributed by atoms with E-state index in [-0.39, 0.29) is 23.8 Å². The quantitative estimate of drug-likeness (QED) is 0.468. The average Bonchev–Trinajstić information content (AvgIpc) is 2.70. The van der Waals surface area contributed by atoms with Crippen molar-refractivity contribution in [3.63, 3.8) is 0 Å². The Labute approximate surface area is 172 Å². The van der Waals surface area contributed by atoms with E-state index in [0.29, 0.717) is 35.7 Å². The monoisotopic (exact) mass is 421 g/mol. The zero-order chi connectivity index (χ0) is 21.4. The van der Waals surface area contributed by atoms with Crippen LogP contribution in [-0.4, -0.2) is 41.8 Å². The van der Waals surface area contributed by atoms with Crippen molar-refractivity contribution in [1.29, 1.82) is 0 Å². The maximum absolute atomic E-state index is 12.9. The molecule has 0 unspecified atom stereocenters. The minimum atomic E-state index is -3.78. The van der Waals surface area contributed by atoms with Gasteiger partial charge in [0.05, 0.1) is 25.7 Å².